The van der Waals surface area contributed by atoms with Crippen LogP contribution >= 0.6 is 11.3 Å². The summed E-state index contributed by atoms with van der Waals surface area (Å²) >= 11 is 1.54. The van der Waals surface area contributed by atoms with Gasteiger partial charge in [0.05, 0.1) is 23.4 Å². The largest absolute Gasteiger partial charge is 0.504 e. The Hall–Kier alpha value is -3.85. The van der Waals surface area contributed by atoms with Gasteiger partial charge in [-0.05, 0) is 62.1 Å². The first-order chi connectivity index (χ1) is 18.3. The van der Waals surface area contributed by atoms with Gasteiger partial charge in [0.1, 0.15) is 22.7 Å². The number of pyridine rings is 1. The molecule has 2 atom stereocenters. The molecule has 1 fully saturated rings. The quantitative estimate of drug-likeness (QED) is 0.270. The van der Waals surface area contributed by atoms with E-state index in [1.807, 2.05) is 13.0 Å². The van der Waals surface area contributed by atoms with Gasteiger partial charge in [-0.3, -0.25) is 4.79 Å². The minimum absolute atomic E-state index is 0.0396. The number of methoxy groups -OCH3 is 1. The molecule has 4 aromatic rings. The molecule has 0 unspecified atom stereocenters. The highest BCUT2D eigenvalue weighted by Crippen LogP contribution is 2.47. The number of rotatable bonds is 7. The Labute approximate surface area is 224 Å². The van der Waals surface area contributed by atoms with Crippen LogP contribution in [0.3, 0.4) is 0 Å². The number of carbonyl (C=O) groups excluding carboxylic acids is 1. The van der Waals surface area contributed by atoms with E-state index in [9.17, 15) is 15.0 Å². The third-order valence-corrected chi connectivity index (χ3v) is 8.30. The molecule has 0 saturated heterocycles. The molecule has 0 radical (unpaired) electrons. The Morgan fingerprint density at radius 1 is 1.18 bits per heavy atom. The number of hydrogen-bond donors (Lipinski definition) is 3. The van der Waals surface area contributed by atoms with Crippen molar-refractivity contribution in [2.24, 2.45) is 5.92 Å². The summed E-state index contributed by atoms with van der Waals surface area (Å²) in [5, 5.41) is 24.0. The maximum atomic E-state index is 13.3. The molecule has 6 rings (SSSR count). The van der Waals surface area contributed by atoms with Crippen molar-refractivity contribution in [3.05, 3.63) is 58.2 Å². The highest BCUT2D eigenvalue weighted by atomic mass is 32.1. The molecule has 9 heteroatoms. The van der Waals surface area contributed by atoms with E-state index < -0.39 is 0 Å². The molecule has 2 aromatic heterocycles. The topological polar surface area (TPSA) is 114 Å². The lowest BCUT2D eigenvalue weighted by Crippen LogP contribution is -2.29. The maximum Gasteiger partial charge on any atom is 0.251 e. The molecule has 2 aliphatic rings. The van der Waals surface area contributed by atoms with E-state index in [0.29, 0.717) is 47.4 Å². The van der Waals surface area contributed by atoms with Gasteiger partial charge in [-0.2, -0.15) is 0 Å². The van der Waals surface area contributed by atoms with Crippen molar-refractivity contribution in [2.45, 2.75) is 38.5 Å². The molecule has 0 bridgehead atoms. The fourth-order valence-electron chi connectivity index (χ4n) is 5.16. The Morgan fingerprint density at radius 3 is 2.74 bits per heavy atom. The zero-order valence-corrected chi connectivity index (χ0v) is 22.3. The minimum atomic E-state index is -0.205. The summed E-state index contributed by atoms with van der Waals surface area (Å²) in [6, 6.07) is 10.4. The number of fused-ring (bicyclic) bond motifs is 2. The molecular weight excluding hydrogens is 502 g/mol. The minimum Gasteiger partial charge on any atom is -0.504 e. The molecule has 196 valence electrons. The molecule has 1 aliphatic carbocycles. The van der Waals surface area contributed by atoms with Gasteiger partial charge in [0.25, 0.3) is 5.91 Å². The average molecular weight is 532 g/mol. The number of aromatic nitrogens is 2. The molecular formula is C29H29N3O5S. The summed E-state index contributed by atoms with van der Waals surface area (Å²) in [6.45, 7) is 5.07. The van der Waals surface area contributed by atoms with E-state index in [-0.39, 0.29) is 29.2 Å². The molecule has 3 N–H and O–H groups in total. The standard InChI is InChI=1S/C29H29N3O5S/c1-14-13-37-28-19(14)11-21(32-26(28)17-6-7-22(33)23(34)8-17)20(16-4-5-16)12-30-29(35)18-9-24(36-3)27-25(10-18)38-15(2)31-27/h6-11,14,16,20,33-34H,4-5,12-13H2,1-3H3,(H,30,35)/t14-,20+/m1/s1. The summed E-state index contributed by atoms with van der Waals surface area (Å²) in [5.74, 6) is 1.42. The molecule has 0 spiro atoms. The normalized spacial score (nSPS) is 17.2. The Balaban J connectivity index is 1.31. The van der Waals surface area contributed by atoms with Crippen molar-refractivity contribution in [1.29, 1.82) is 0 Å². The third kappa shape index (κ3) is 4.41. The number of phenols is 2. The molecule has 8 nitrogen and oxygen atoms in total. The summed E-state index contributed by atoms with van der Waals surface area (Å²) in [5.41, 5.74) is 4.60. The van der Waals surface area contributed by atoms with Gasteiger partial charge in [0.2, 0.25) is 0 Å². The van der Waals surface area contributed by atoms with Crippen LogP contribution in [0.2, 0.25) is 0 Å². The third-order valence-electron chi connectivity index (χ3n) is 7.38. The van der Waals surface area contributed by atoms with Gasteiger partial charge < -0.3 is 25.0 Å². The van der Waals surface area contributed by atoms with Crippen molar-refractivity contribution < 1.29 is 24.5 Å². The molecule has 1 aliphatic heterocycles. The van der Waals surface area contributed by atoms with Crippen molar-refractivity contribution in [3.63, 3.8) is 0 Å². The lowest BCUT2D eigenvalue weighted by Gasteiger charge is -2.20. The van der Waals surface area contributed by atoms with Crippen molar-refractivity contribution in [1.82, 2.24) is 15.3 Å². The van der Waals surface area contributed by atoms with Crippen LogP contribution in [-0.4, -0.2) is 46.3 Å². The van der Waals surface area contributed by atoms with Gasteiger partial charge in [0.15, 0.2) is 11.5 Å². The first-order valence-electron chi connectivity index (χ1n) is 12.8. The van der Waals surface area contributed by atoms with E-state index in [0.717, 1.165) is 39.3 Å². The van der Waals surface area contributed by atoms with Crippen LogP contribution in [0.25, 0.3) is 21.5 Å². The van der Waals surface area contributed by atoms with Crippen molar-refractivity contribution >= 4 is 27.5 Å². The average Bonchev–Trinajstić information content (AvgIpc) is 3.57. The number of nitrogens with zero attached hydrogens (tertiary/aromatic N) is 2. The lowest BCUT2D eigenvalue weighted by atomic mass is 9.93. The maximum absolute atomic E-state index is 13.3. The van der Waals surface area contributed by atoms with Crippen LogP contribution < -0.4 is 14.8 Å². The Kier molecular flexibility index (Phi) is 6.10. The highest BCUT2D eigenvalue weighted by molar-refractivity contribution is 7.18. The summed E-state index contributed by atoms with van der Waals surface area (Å²) in [6.07, 6.45) is 2.17. The number of phenolic OH excluding ortho intramolecular Hbond substituents is 2. The predicted octanol–water partition coefficient (Wildman–Crippen LogP) is 5.51. The number of amides is 1. The van der Waals surface area contributed by atoms with E-state index in [2.05, 4.69) is 23.3 Å². The van der Waals surface area contributed by atoms with E-state index in [1.54, 1.807) is 19.2 Å². The van der Waals surface area contributed by atoms with Gasteiger partial charge >= 0.3 is 0 Å². The highest BCUT2D eigenvalue weighted by Gasteiger charge is 2.36. The fraction of sp³-hybridized carbons (Fsp3) is 0.345. The number of aromatic hydroxyl groups is 2. The number of carbonyl (C=O) groups is 1. The van der Waals surface area contributed by atoms with Crippen molar-refractivity contribution in [2.75, 3.05) is 20.3 Å². The van der Waals surface area contributed by atoms with E-state index in [1.165, 1.54) is 23.5 Å². The zero-order valence-electron chi connectivity index (χ0n) is 21.4. The van der Waals surface area contributed by atoms with Gasteiger partial charge in [-0.1, -0.05) is 6.92 Å². The monoisotopic (exact) mass is 531 g/mol. The molecule has 38 heavy (non-hydrogen) atoms. The second kappa shape index (κ2) is 9.47. The van der Waals surface area contributed by atoms with Crippen LogP contribution in [0.15, 0.2) is 36.4 Å². The van der Waals surface area contributed by atoms with Crippen LogP contribution in [0.1, 0.15) is 58.2 Å². The SMILES string of the molecule is COc1cc(C(=O)NC[C@H](c2cc3c(c(-c4ccc(O)c(O)c4)n2)OC[C@H]3C)C2CC2)cc2sc(C)nc12. The number of hydrogen-bond acceptors (Lipinski definition) is 8. The lowest BCUT2D eigenvalue weighted by molar-refractivity contribution is 0.0950. The zero-order chi connectivity index (χ0) is 26.6. The molecule has 1 saturated carbocycles. The molecule has 3 heterocycles. The number of aryl methyl sites for hydroxylation is 1. The van der Waals surface area contributed by atoms with E-state index >= 15 is 0 Å². The Bertz CT molecular complexity index is 1560. The number of ether oxygens (including phenoxy) is 2. The second-order valence-electron chi connectivity index (χ2n) is 10.1. The molecule has 2 aromatic carbocycles. The first-order valence-corrected chi connectivity index (χ1v) is 13.6. The van der Waals surface area contributed by atoms with Crippen LogP contribution in [0.5, 0.6) is 23.0 Å². The summed E-state index contributed by atoms with van der Waals surface area (Å²) in [4.78, 5) is 22.8. The smallest absolute Gasteiger partial charge is 0.251 e. The number of nitrogens with one attached hydrogen (secondary N) is 1. The van der Waals surface area contributed by atoms with Crippen molar-refractivity contribution in [3.8, 4) is 34.3 Å². The summed E-state index contributed by atoms with van der Waals surface area (Å²) < 4.78 is 12.4. The van der Waals surface area contributed by atoms with Crippen LogP contribution in [0.4, 0.5) is 0 Å². The van der Waals surface area contributed by atoms with Crippen LogP contribution in [0, 0.1) is 12.8 Å². The van der Waals surface area contributed by atoms with E-state index in [4.69, 9.17) is 14.5 Å². The van der Waals surface area contributed by atoms with Gasteiger partial charge in [0, 0.05) is 40.8 Å². The van der Waals surface area contributed by atoms with Gasteiger partial charge in [-0.15, -0.1) is 11.3 Å². The number of benzene rings is 2. The number of thiazole rings is 1. The molecule has 1 amide bonds. The fourth-order valence-corrected chi connectivity index (χ4v) is 6.04. The van der Waals surface area contributed by atoms with Crippen LogP contribution in [-0.2, 0) is 0 Å². The van der Waals surface area contributed by atoms with Gasteiger partial charge in [-0.25, -0.2) is 9.97 Å². The Morgan fingerprint density at radius 2 is 2.00 bits per heavy atom. The predicted molar refractivity (Wildman–Crippen MR) is 146 cm³/mol. The second-order valence-corrected chi connectivity index (χ2v) is 11.4. The first kappa shape index (κ1) is 24.5. The summed E-state index contributed by atoms with van der Waals surface area (Å²) in [7, 11) is 1.59.